The van der Waals surface area contributed by atoms with E-state index in [1.807, 2.05) is 21.1 Å². The SMILES string of the molecule is CCC/C=C\C/C=C\CCCCCCCC(=O)OC(COCCC(C(=O)O)[N+](C)(C)C)COC(=O)CCCCCCC/C=C\CCCCCCCC. The second-order valence-electron chi connectivity index (χ2n) is 15.2. The maximum absolute atomic E-state index is 12.7. The van der Waals surface area contributed by atoms with E-state index < -0.39 is 18.1 Å². The number of nitrogens with zero attached hydrogens (tertiary/aromatic N) is 1. The van der Waals surface area contributed by atoms with Crippen LogP contribution in [-0.2, 0) is 28.6 Å². The van der Waals surface area contributed by atoms with E-state index in [-0.39, 0.29) is 36.2 Å². The minimum atomic E-state index is -0.879. The van der Waals surface area contributed by atoms with Crippen molar-refractivity contribution in [3.63, 3.8) is 0 Å². The van der Waals surface area contributed by atoms with E-state index in [0.717, 1.165) is 83.5 Å². The molecule has 0 aliphatic rings. The molecule has 8 heteroatoms. The van der Waals surface area contributed by atoms with Gasteiger partial charge in [-0.3, -0.25) is 9.59 Å². The number of quaternary nitrogens is 1. The van der Waals surface area contributed by atoms with E-state index in [2.05, 4.69) is 50.3 Å². The number of hydrogen-bond acceptors (Lipinski definition) is 6. The van der Waals surface area contributed by atoms with Gasteiger partial charge in [-0.15, -0.1) is 0 Å². The highest BCUT2D eigenvalue weighted by molar-refractivity contribution is 5.72. The number of carbonyl (C=O) groups is 3. The molecule has 0 spiro atoms. The lowest BCUT2D eigenvalue weighted by Crippen LogP contribution is -2.50. The van der Waals surface area contributed by atoms with Crippen molar-refractivity contribution in [2.45, 2.75) is 187 Å². The first-order valence-electron chi connectivity index (χ1n) is 21.0. The van der Waals surface area contributed by atoms with Gasteiger partial charge in [0.25, 0.3) is 0 Å². The van der Waals surface area contributed by atoms with Gasteiger partial charge in [0.2, 0.25) is 0 Å². The molecule has 302 valence electrons. The van der Waals surface area contributed by atoms with Gasteiger partial charge >= 0.3 is 17.9 Å². The molecule has 0 fully saturated rings. The minimum absolute atomic E-state index is 0.0534. The summed E-state index contributed by atoms with van der Waals surface area (Å²) in [6.45, 7) is 4.64. The Morgan fingerprint density at radius 3 is 1.58 bits per heavy atom. The highest BCUT2D eigenvalue weighted by Gasteiger charge is 2.31. The number of unbranched alkanes of at least 4 members (excludes halogenated alkanes) is 17. The van der Waals surface area contributed by atoms with Gasteiger partial charge in [-0.1, -0.05) is 127 Å². The molecule has 0 aliphatic carbocycles. The van der Waals surface area contributed by atoms with Gasteiger partial charge in [0.1, 0.15) is 6.61 Å². The molecule has 0 aromatic heterocycles. The summed E-state index contributed by atoms with van der Waals surface area (Å²) in [5.41, 5.74) is 0. The molecule has 0 radical (unpaired) electrons. The van der Waals surface area contributed by atoms with Gasteiger partial charge in [0.15, 0.2) is 12.1 Å². The van der Waals surface area contributed by atoms with Crippen LogP contribution in [0.25, 0.3) is 0 Å². The third-order valence-electron chi connectivity index (χ3n) is 9.24. The van der Waals surface area contributed by atoms with E-state index in [0.29, 0.717) is 19.3 Å². The van der Waals surface area contributed by atoms with Gasteiger partial charge < -0.3 is 23.8 Å². The van der Waals surface area contributed by atoms with Crippen LogP contribution in [0.4, 0.5) is 0 Å². The van der Waals surface area contributed by atoms with Crippen molar-refractivity contribution in [2.75, 3.05) is 41.0 Å². The van der Waals surface area contributed by atoms with Crippen LogP contribution in [0, 0.1) is 0 Å². The molecule has 0 aromatic rings. The summed E-state index contributed by atoms with van der Waals surface area (Å²) in [6.07, 6.45) is 38.9. The quantitative estimate of drug-likeness (QED) is 0.0293. The lowest BCUT2D eigenvalue weighted by molar-refractivity contribution is -0.887. The summed E-state index contributed by atoms with van der Waals surface area (Å²) in [7, 11) is 5.51. The molecule has 2 unspecified atom stereocenters. The highest BCUT2D eigenvalue weighted by atomic mass is 16.6. The van der Waals surface area contributed by atoms with Crippen LogP contribution in [0.5, 0.6) is 0 Å². The summed E-state index contributed by atoms with van der Waals surface area (Å²) in [5.74, 6) is -1.50. The molecule has 8 nitrogen and oxygen atoms in total. The maximum atomic E-state index is 12.7. The third kappa shape index (κ3) is 33.4. The Labute approximate surface area is 319 Å². The van der Waals surface area contributed by atoms with Crippen LogP contribution in [0.1, 0.15) is 174 Å². The van der Waals surface area contributed by atoms with Crippen molar-refractivity contribution in [1.82, 2.24) is 0 Å². The Hall–Kier alpha value is -2.45. The highest BCUT2D eigenvalue weighted by Crippen LogP contribution is 2.13. The molecular weight excluding hydrogens is 654 g/mol. The zero-order valence-corrected chi connectivity index (χ0v) is 34.3. The number of carboxylic acids is 1. The fourth-order valence-corrected chi connectivity index (χ4v) is 5.95. The number of ether oxygens (including phenoxy) is 3. The number of carboxylic acid groups (broad SMARTS) is 1. The average Bonchev–Trinajstić information content (AvgIpc) is 3.09. The molecule has 0 aliphatic heterocycles. The first-order valence-corrected chi connectivity index (χ1v) is 21.0. The summed E-state index contributed by atoms with van der Waals surface area (Å²) in [4.78, 5) is 36.9. The van der Waals surface area contributed by atoms with E-state index in [1.54, 1.807) is 0 Å². The largest absolute Gasteiger partial charge is 0.477 e. The van der Waals surface area contributed by atoms with E-state index in [1.165, 1.54) is 57.8 Å². The molecule has 0 saturated carbocycles. The standard InChI is InChI=1S/C44H79NO7/c1-6-8-10-12-14-16-18-20-21-23-24-26-28-30-32-34-42(46)51-39-40(38-50-37-36-41(44(48)49)45(3,4)5)52-43(47)35-33-31-29-27-25-22-19-17-15-13-11-9-7-2/h11,13,17,19-21,40-41H,6-10,12,14-16,18,22-39H2,1-5H3/p+1/b13-11-,19-17-,21-20-. The second-order valence-corrected chi connectivity index (χ2v) is 15.2. The number of rotatable bonds is 37. The minimum Gasteiger partial charge on any atom is -0.477 e. The fourth-order valence-electron chi connectivity index (χ4n) is 5.95. The Balaban J connectivity index is 4.40. The molecule has 0 saturated heterocycles. The number of likely N-dealkylation sites (N-methyl/N-ethyl adjacent to an activating group) is 1. The molecule has 2 atom stereocenters. The van der Waals surface area contributed by atoms with E-state index >= 15 is 0 Å². The number of hydrogen-bond donors (Lipinski definition) is 1. The summed E-state index contributed by atoms with van der Waals surface area (Å²) in [6, 6.07) is -0.617. The van der Waals surface area contributed by atoms with Crippen molar-refractivity contribution < 1.29 is 38.2 Å². The number of allylic oxidation sites excluding steroid dienone is 6. The predicted molar refractivity (Wildman–Crippen MR) is 215 cm³/mol. The van der Waals surface area contributed by atoms with Crippen molar-refractivity contribution in [3.8, 4) is 0 Å². The fraction of sp³-hybridized carbons (Fsp3) is 0.795. The number of esters is 2. The van der Waals surface area contributed by atoms with Crippen LogP contribution in [-0.4, -0.2) is 80.6 Å². The Morgan fingerprint density at radius 2 is 1.06 bits per heavy atom. The molecule has 52 heavy (non-hydrogen) atoms. The van der Waals surface area contributed by atoms with Crippen molar-refractivity contribution in [1.29, 1.82) is 0 Å². The zero-order chi connectivity index (χ0) is 38.5. The van der Waals surface area contributed by atoms with Gasteiger partial charge in [-0.2, -0.15) is 0 Å². The van der Waals surface area contributed by atoms with Crippen molar-refractivity contribution in [3.05, 3.63) is 36.5 Å². The maximum Gasteiger partial charge on any atom is 0.362 e. The van der Waals surface area contributed by atoms with Crippen molar-refractivity contribution >= 4 is 17.9 Å². The number of aliphatic carboxylic acids is 1. The second kappa shape index (κ2) is 35.6. The smallest absolute Gasteiger partial charge is 0.362 e. The van der Waals surface area contributed by atoms with Crippen LogP contribution < -0.4 is 0 Å². The molecule has 0 bridgehead atoms. The first kappa shape index (κ1) is 49.6. The zero-order valence-electron chi connectivity index (χ0n) is 34.3. The van der Waals surface area contributed by atoms with Gasteiger partial charge in [0.05, 0.1) is 34.4 Å². The Kier molecular flexibility index (Phi) is 33.9. The first-order chi connectivity index (χ1) is 25.1. The molecule has 0 rings (SSSR count). The number of carbonyl (C=O) groups excluding carboxylic acids is 2. The summed E-state index contributed by atoms with van der Waals surface area (Å²) < 4.78 is 17.2. The molecular formula is C44H80NO7+. The topological polar surface area (TPSA) is 99.1 Å². The molecule has 0 aromatic carbocycles. The Bertz CT molecular complexity index is 953. The lowest BCUT2D eigenvalue weighted by atomic mass is 10.1. The molecule has 1 N–H and O–H groups in total. The lowest BCUT2D eigenvalue weighted by Gasteiger charge is -2.31. The van der Waals surface area contributed by atoms with E-state index in [4.69, 9.17) is 14.2 Å². The third-order valence-corrected chi connectivity index (χ3v) is 9.24. The summed E-state index contributed by atoms with van der Waals surface area (Å²) in [5, 5.41) is 9.60. The van der Waals surface area contributed by atoms with Crippen LogP contribution in [0.15, 0.2) is 36.5 Å². The monoisotopic (exact) mass is 735 g/mol. The average molecular weight is 735 g/mol. The van der Waals surface area contributed by atoms with Crippen LogP contribution in [0.2, 0.25) is 0 Å². The van der Waals surface area contributed by atoms with E-state index in [9.17, 15) is 19.5 Å². The Morgan fingerprint density at radius 1 is 0.577 bits per heavy atom. The van der Waals surface area contributed by atoms with Gasteiger partial charge in [-0.25, -0.2) is 4.79 Å². The summed E-state index contributed by atoms with van der Waals surface area (Å²) >= 11 is 0. The van der Waals surface area contributed by atoms with Gasteiger partial charge in [0, 0.05) is 19.3 Å². The normalized spacial score (nSPS) is 13.3. The van der Waals surface area contributed by atoms with Crippen LogP contribution in [0.3, 0.4) is 0 Å². The van der Waals surface area contributed by atoms with Crippen LogP contribution >= 0.6 is 0 Å². The van der Waals surface area contributed by atoms with Gasteiger partial charge in [-0.05, 0) is 64.2 Å². The molecule has 0 heterocycles. The molecule has 0 amide bonds. The van der Waals surface area contributed by atoms with Crippen molar-refractivity contribution in [2.24, 2.45) is 0 Å². The predicted octanol–water partition coefficient (Wildman–Crippen LogP) is 11.1.